The third kappa shape index (κ3) is 5.10. The number of alkyl halides is 2. The fourth-order valence-electron chi connectivity index (χ4n) is 3.06. The largest absolute Gasteiger partial charge is 0.433 e. The van der Waals surface area contributed by atoms with E-state index in [2.05, 4.69) is 15.0 Å². The molecule has 0 saturated carbocycles. The topological polar surface area (TPSA) is 80.8 Å². The molecule has 0 bridgehead atoms. The summed E-state index contributed by atoms with van der Waals surface area (Å²) in [6.45, 7) is -2.77. The lowest BCUT2D eigenvalue weighted by atomic mass is 10.0. The van der Waals surface area contributed by atoms with E-state index in [0.29, 0.717) is 29.3 Å². The van der Waals surface area contributed by atoms with Crippen molar-refractivity contribution >= 4 is 34.3 Å². The molecule has 2 atom stereocenters. The standard InChI is InChI=1S/C19H20ClF2N3O4/c1-25(2)18(27)15-4-3-12(9-28-15)24-17(26)11-5-10-6-13(20)16(29-19(21)22)7-14(10)23-8-11/h5-8,12,15,19H,3-4,9H2,1-2H3,(H,24,26)/t12-,15+/m1/s1. The van der Waals surface area contributed by atoms with Gasteiger partial charge in [-0.1, -0.05) is 11.6 Å². The van der Waals surface area contributed by atoms with Crippen LogP contribution in [0.3, 0.4) is 0 Å². The summed E-state index contributed by atoms with van der Waals surface area (Å²) < 4.78 is 34.7. The number of rotatable bonds is 5. The molecule has 1 aromatic carbocycles. The Bertz CT molecular complexity index is 918. The molecule has 1 aliphatic rings. The molecule has 2 amide bonds. The Hall–Kier alpha value is -2.52. The zero-order valence-corrected chi connectivity index (χ0v) is 16.6. The second kappa shape index (κ2) is 8.87. The quantitative estimate of drug-likeness (QED) is 0.793. The highest BCUT2D eigenvalue weighted by Crippen LogP contribution is 2.30. The van der Waals surface area contributed by atoms with Crippen molar-refractivity contribution in [2.24, 2.45) is 0 Å². The molecule has 1 fully saturated rings. The number of aromatic nitrogens is 1. The first-order valence-corrected chi connectivity index (χ1v) is 9.30. The first kappa shape index (κ1) is 21.2. The Morgan fingerprint density at radius 2 is 2.07 bits per heavy atom. The number of fused-ring (bicyclic) bond motifs is 1. The summed E-state index contributed by atoms with van der Waals surface area (Å²) >= 11 is 5.96. The Kier molecular flexibility index (Phi) is 6.49. The van der Waals surface area contributed by atoms with Gasteiger partial charge in [-0.25, -0.2) is 0 Å². The van der Waals surface area contributed by atoms with Gasteiger partial charge in [0.15, 0.2) is 0 Å². The molecule has 0 spiro atoms. The van der Waals surface area contributed by atoms with Crippen LogP contribution >= 0.6 is 11.6 Å². The number of benzene rings is 1. The van der Waals surface area contributed by atoms with Gasteiger partial charge in [-0.3, -0.25) is 14.6 Å². The van der Waals surface area contributed by atoms with Crippen LogP contribution in [0.25, 0.3) is 10.9 Å². The van der Waals surface area contributed by atoms with Crippen LogP contribution in [-0.2, 0) is 9.53 Å². The van der Waals surface area contributed by atoms with Crippen molar-refractivity contribution in [2.75, 3.05) is 20.7 Å². The maximum Gasteiger partial charge on any atom is 0.387 e. The van der Waals surface area contributed by atoms with E-state index in [1.807, 2.05) is 0 Å². The van der Waals surface area contributed by atoms with Crippen LogP contribution in [-0.4, -0.2) is 61.2 Å². The van der Waals surface area contributed by atoms with Crippen LogP contribution in [0.1, 0.15) is 23.2 Å². The molecular weight excluding hydrogens is 408 g/mol. The van der Waals surface area contributed by atoms with E-state index < -0.39 is 12.7 Å². The number of pyridine rings is 1. The number of carbonyl (C=O) groups is 2. The molecular formula is C19H20ClF2N3O4. The number of amides is 2. The summed E-state index contributed by atoms with van der Waals surface area (Å²) in [4.78, 5) is 30.1. The average molecular weight is 428 g/mol. The molecule has 0 unspecified atom stereocenters. The molecule has 10 heteroatoms. The summed E-state index contributed by atoms with van der Waals surface area (Å²) in [6.07, 6.45) is 1.98. The third-order valence-electron chi connectivity index (χ3n) is 4.54. The number of hydrogen-bond donors (Lipinski definition) is 1. The van der Waals surface area contributed by atoms with Crippen LogP contribution in [0, 0.1) is 0 Å². The number of carbonyl (C=O) groups excluding carboxylic acids is 2. The van der Waals surface area contributed by atoms with Crippen LogP contribution in [0.4, 0.5) is 8.78 Å². The van der Waals surface area contributed by atoms with Gasteiger partial charge in [0.1, 0.15) is 11.9 Å². The second-order valence-electron chi connectivity index (χ2n) is 6.88. The van der Waals surface area contributed by atoms with Crippen molar-refractivity contribution in [3.63, 3.8) is 0 Å². The van der Waals surface area contributed by atoms with E-state index in [1.54, 1.807) is 20.2 Å². The Labute approximate surface area is 170 Å². The van der Waals surface area contributed by atoms with Crippen LogP contribution < -0.4 is 10.1 Å². The minimum Gasteiger partial charge on any atom is -0.433 e. The number of halogens is 3. The summed E-state index contributed by atoms with van der Waals surface area (Å²) in [5.74, 6) is -0.630. The van der Waals surface area contributed by atoms with Crippen molar-refractivity contribution in [3.8, 4) is 5.75 Å². The van der Waals surface area contributed by atoms with Gasteiger partial charge >= 0.3 is 6.61 Å². The summed E-state index contributed by atoms with van der Waals surface area (Å²) in [7, 11) is 3.34. The highest BCUT2D eigenvalue weighted by atomic mass is 35.5. The van der Waals surface area contributed by atoms with Crippen LogP contribution in [0.15, 0.2) is 24.4 Å². The first-order valence-electron chi connectivity index (χ1n) is 8.92. The number of nitrogens with one attached hydrogen (secondary N) is 1. The number of likely N-dealkylation sites (N-methyl/N-ethyl adjacent to an activating group) is 1. The molecule has 2 aromatic rings. The van der Waals surface area contributed by atoms with E-state index in [4.69, 9.17) is 16.3 Å². The van der Waals surface area contributed by atoms with Crippen molar-refractivity contribution < 1.29 is 27.8 Å². The monoisotopic (exact) mass is 427 g/mol. The smallest absolute Gasteiger partial charge is 0.387 e. The average Bonchev–Trinajstić information content (AvgIpc) is 2.67. The molecule has 0 aliphatic carbocycles. The fourth-order valence-corrected chi connectivity index (χ4v) is 3.27. The van der Waals surface area contributed by atoms with Crippen LogP contribution in [0.2, 0.25) is 5.02 Å². The van der Waals surface area contributed by atoms with Gasteiger partial charge in [-0.05, 0) is 25.0 Å². The van der Waals surface area contributed by atoms with Crippen molar-refractivity contribution in [1.29, 1.82) is 0 Å². The number of nitrogens with zero attached hydrogens (tertiary/aromatic N) is 2. The van der Waals surface area contributed by atoms with Gasteiger partial charge in [0.05, 0.1) is 28.8 Å². The molecule has 2 heterocycles. The zero-order valence-electron chi connectivity index (χ0n) is 15.8. The first-order chi connectivity index (χ1) is 13.7. The third-order valence-corrected chi connectivity index (χ3v) is 4.84. The molecule has 1 saturated heterocycles. The molecule has 0 radical (unpaired) electrons. The number of hydrogen-bond acceptors (Lipinski definition) is 5. The molecule has 29 heavy (non-hydrogen) atoms. The SMILES string of the molecule is CN(C)C(=O)[C@@H]1CC[C@@H](NC(=O)c2cnc3cc(OC(F)F)c(Cl)cc3c2)CO1. The predicted molar refractivity (Wildman–Crippen MR) is 102 cm³/mol. The van der Waals surface area contributed by atoms with Gasteiger partial charge < -0.3 is 19.7 Å². The molecule has 1 aromatic heterocycles. The molecule has 3 rings (SSSR count). The predicted octanol–water partition coefficient (Wildman–Crippen LogP) is 2.86. The highest BCUT2D eigenvalue weighted by molar-refractivity contribution is 6.32. The Morgan fingerprint density at radius 3 is 2.69 bits per heavy atom. The normalized spacial score (nSPS) is 19.2. The zero-order chi connectivity index (χ0) is 21.1. The van der Waals surface area contributed by atoms with Gasteiger partial charge in [0.2, 0.25) is 0 Å². The summed E-state index contributed by atoms with van der Waals surface area (Å²) in [5, 5.41) is 3.36. The minimum atomic E-state index is -3.00. The summed E-state index contributed by atoms with van der Waals surface area (Å²) in [5.41, 5.74) is 0.662. The molecule has 1 N–H and O–H groups in total. The molecule has 1 aliphatic heterocycles. The van der Waals surface area contributed by atoms with Crippen molar-refractivity contribution in [2.45, 2.75) is 31.6 Å². The lowest BCUT2D eigenvalue weighted by molar-refractivity contribution is -0.144. The maximum absolute atomic E-state index is 12.5. The van der Waals surface area contributed by atoms with Gasteiger partial charge in [-0.2, -0.15) is 8.78 Å². The van der Waals surface area contributed by atoms with E-state index >= 15 is 0 Å². The van der Waals surface area contributed by atoms with Gasteiger partial charge in [0.25, 0.3) is 11.8 Å². The van der Waals surface area contributed by atoms with E-state index in [-0.39, 0.29) is 35.2 Å². The van der Waals surface area contributed by atoms with Crippen molar-refractivity contribution in [1.82, 2.24) is 15.2 Å². The lowest BCUT2D eigenvalue weighted by Gasteiger charge is -2.30. The van der Waals surface area contributed by atoms with Crippen LogP contribution in [0.5, 0.6) is 5.75 Å². The van der Waals surface area contributed by atoms with E-state index in [9.17, 15) is 18.4 Å². The molecule has 156 valence electrons. The Morgan fingerprint density at radius 1 is 1.31 bits per heavy atom. The van der Waals surface area contributed by atoms with E-state index in [1.165, 1.54) is 23.2 Å². The lowest BCUT2D eigenvalue weighted by Crippen LogP contribution is -2.46. The molecule has 7 nitrogen and oxygen atoms in total. The Balaban J connectivity index is 1.66. The van der Waals surface area contributed by atoms with E-state index in [0.717, 1.165) is 0 Å². The second-order valence-corrected chi connectivity index (χ2v) is 7.29. The van der Waals surface area contributed by atoms with Gasteiger partial charge in [0, 0.05) is 31.7 Å². The highest BCUT2D eigenvalue weighted by Gasteiger charge is 2.29. The minimum absolute atomic E-state index is 0.00515. The van der Waals surface area contributed by atoms with Crippen molar-refractivity contribution in [3.05, 3.63) is 35.0 Å². The summed E-state index contributed by atoms with van der Waals surface area (Å²) in [6, 6.07) is 4.05. The maximum atomic E-state index is 12.5. The number of ether oxygens (including phenoxy) is 2. The fraction of sp³-hybridized carbons (Fsp3) is 0.421. The van der Waals surface area contributed by atoms with Gasteiger partial charge in [-0.15, -0.1) is 0 Å².